The molecule has 72 valence electrons. The van der Waals surface area contributed by atoms with E-state index in [4.69, 9.17) is 4.74 Å². The van der Waals surface area contributed by atoms with Gasteiger partial charge in [-0.05, 0) is 26.0 Å². The quantitative estimate of drug-likeness (QED) is 0.763. The Bertz CT molecular complexity index is 286. The van der Waals surface area contributed by atoms with E-state index in [-0.39, 0.29) is 5.60 Å². The average molecular weight is 244 g/mol. The molecular weight excluding hydrogens is 230 g/mol. The maximum atomic E-state index is 5.35. The number of nitrogens with zero attached hydrogens (tertiary/aromatic N) is 1. The molecule has 0 aliphatic heterocycles. The minimum Gasteiger partial charge on any atom is -0.373 e. The number of halogens is 1. The molecule has 1 heterocycles. The maximum absolute atomic E-state index is 5.35. The van der Waals surface area contributed by atoms with E-state index >= 15 is 0 Å². The molecule has 0 spiro atoms. The summed E-state index contributed by atoms with van der Waals surface area (Å²) in [5, 5.41) is 0.778. The Morgan fingerprint density at radius 2 is 2.15 bits per heavy atom. The highest BCUT2D eigenvalue weighted by Crippen LogP contribution is 2.21. The Morgan fingerprint density at radius 1 is 1.46 bits per heavy atom. The number of alkyl halides is 1. The molecule has 2 nitrogen and oxygen atoms in total. The van der Waals surface area contributed by atoms with E-state index in [1.54, 1.807) is 7.11 Å². The molecule has 0 amide bonds. The molecule has 0 aliphatic rings. The van der Waals surface area contributed by atoms with Crippen LogP contribution in [0.1, 0.15) is 25.2 Å². The summed E-state index contributed by atoms with van der Waals surface area (Å²) in [5.41, 5.74) is 1.69. The van der Waals surface area contributed by atoms with Gasteiger partial charge in [-0.15, -0.1) is 0 Å². The van der Waals surface area contributed by atoms with Gasteiger partial charge in [0.15, 0.2) is 0 Å². The van der Waals surface area contributed by atoms with E-state index in [1.807, 2.05) is 32.0 Å². The number of methoxy groups -OCH3 is 1. The van der Waals surface area contributed by atoms with Crippen LogP contribution in [0.3, 0.4) is 0 Å². The first kappa shape index (κ1) is 10.7. The molecule has 0 radical (unpaired) electrons. The Kier molecular flexibility index (Phi) is 3.45. The van der Waals surface area contributed by atoms with Gasteiger partial charge in [0.05, 0.1) is 11.4 Å². The van der Waals surface area contributed by atoms with Crippen LogP contribution >= 0.6 is 15.9 Å². The third kappa shape index (κ3) is 2.51. The van der Waals surface area contributed by atoms with Crippen molar-refractivity contribution in [3.8, 4) is 0 Å². The number of hydrogen-bond donors (Lipinski definition) is 0. The van der Waals surface area contributed by atoms with E-state index in [0.29, 0.717) is 0 Å². The lowest BCUT2D eigenvalue weighted by Crippen LogP contribution is -2.21. The largest absolute Gasteiger partial charge is 0.373 e. The first-order valence-corrected chi connectivity index (χ1v) is 5.30. The van der Waals surface area contributed by atoms with Gasteiger partial charge in [-0.3, -0.25) is 4.98 Å². The van der Waals surface area contributed by atoms with Crippen molar-refractivity contribution in [1.82, 2.24) is 4.98 Å². The van der Waals surface area contributed by atoms with E-state index in [0.717, 1.165) is 16.7 Å². The smallest absolute Gasteiger partial charge is 0.104 e. The first-order chi connectivity index (χ1) is 6.10. The molecule has 0 atom stereocenters. The molecule has 0 bridgehead atoms. The van der Waals surface area contributed by atoms with Crippen LogP contribution in [-0.2, 0) is 15.7 Å². The SMILES string of the molecule is COC(C)(C)c1cccc(CBr)n1. The summed E-state index contributed by atoms with van der Waals surface area (Å²) in [6, 6.07) is 5.97. The van der Waals surface area contributed by atoms with Crippen LogP contribution in [0.2, 0.25) is 0 Å². The van der Waals surface area contributed by atoms with Crippen LogP contribution < -0.4 is 0 Å². The second kappa shape index (κ2) is 4.20. The van der Waals surface area contributed by atoms with Gasteiger partial charge < -0.3 is 4.74 Å². The highest BCUT2D eigenvalue weighted by Gasteiger charge is 2.20. The standard InChI is InChI=1S/C10H14BrNO/c1-10(2,13-3)9-6-4-5-8(7-11)12-9/h4-6H,7H2,1-3H3. The monoisotopic (exact) mass is 243 g/mol. The number of hydrogen-bond acceptors (Lipinski definition) is 2. The summed E-state index contributed by atoms with van der Waals surface area (Å²) in [4.78, 5) is 4.46. The molecule has 0 unspecified atom stereocenters. The van der Waals surface area contributed by atoms with E-state index in [2.05, 4.69) is 20.9 Å². The molecule has 0 aliphatic carbocycles. The first-order valence-electron chi connectivity index (χ1n) is 4.17. The molecule has 13 heavy (non-hydrogen) atoms. The van der Waals surface area contributed by atoms with Gasteiger partial charge >= 0.3 is 0 Å². The molecule has 1 aromatic heterocycles. The molecule has 0 saturated heterocycles. The second-order valence-electron chi connectivity index (χ2n) is 3.36. The van der Waals surface area contributed by atoms with Crippen LogP contribution in [0.25, 0.3) is 0 Å². The number of pyridine rings is 1. The van der Waals surface area contributed by atoms with Crippen molar-refractivity contribution in [2.75, 3.05) is 7.11 Å². The van der Waals surface area contributed by atoms with Crippen molar-refractivity contribution < 1.29 is 4.74 Å². The molecular formula is C10H14BrNO. The number of aromatic nitrogens is 1. The zero-order valence-corrected chi connectivity index (χ0v) is 9.76. The van der Waals surface area contributed by atoms with Gasteiger partial charge in [0, 0.05) is 12.4 Å². The predicted octanol–water partition coefficient (Wildman–Crippen LogP) is 2.86. The predicted molar refractivity (Wildman–Crippen MR) is 56.9 cm³/mol. The van der Waals surface area contributed by atoms with Crippen molar-refractivity contribution in [2.24, 2.45) is 0 Å². The van der Waals surface area contributed by atoms with Gasteiger partial charge in [0.1, 0.15) is 5.60 Å². The normalized spacial score (nSPS) is 11.7. The number of ether oxygens (including phenoxy) is 1. The third-order valence-corrected chi connectivity index (χ3v) is 2.65. The fourth-order valence-electron chi connectivity index (χ4n) is 0.994. The third-order valence-electron chi connectivity index (χ3n) is 2.07. The van der Waals surface area contributed by atoms with Crippen LogP contribution in [-0.4, -0.2) is 12.1 Å². The Morgan fingerprint density at radius 3 is 2.69 bits per heavy atom. The lowest BCUT2D eigenvalue weighted by atomic mass is 10.0. The van der Waals surface area contributed by atoms with Crippen LogP contribution in [0, 0.1) is 0 Å². The summed E-state index contributed by atoms with van der Waals surface area (Å²) in [6.07, 6.45) is 0. The van der Waals surface area contributed by atoms with Crippen LogP contribution in [0.15, 0.2) is 18.2 Å². The van der Waals surface area contributed by atoms with E-state index < -0.39 is 0 Å². The van der Waals surface area contributed by atoms with Crippen molar-refractivity contribution >= 4 is 15.9 Å². The molecule has 1 rings (SSSR count). The minimum atomic E-state index is -0.307. The van der Waals surface area contributed by atoms with Gasteiger partial charge in [-0.25, -0.2) is 0 Å². The highest BCUT2D eigenvalue weighted by atomic mass is 79.9. The van der Waals surface area contributed by atoms with Crippen molar-refractivity contribution in [2.45, 2.75) is 24.8 Å². The van der Waals surface area contributed by atoms with Crippen molar-refractivity contribution in [3.05, 3.63) is 29.6 Å². The Balaban J connectivity index is 3.01. The average Bonchev–Trinajstić information content (AvgIpc) is 2.18. The molecule has 3 heteroatoms. The lowest BCUT2D eigenvalue weighted by Gasteiger charge is -2.22. The zero-order chi connectivity index (χ0) is 9.90. The topological polar surface area (TPSA) is 22.1 Å². The van der Waals surface area contributed by atoms with E-state index in [1.165, 1.54) is 0 Å². The van der Waals surface area contributed by atoms with Crippen LogP contribution in [0.4, 0.5) is 0 Å². The van der Waals surface area contributed by atoms with Crippen molar-refractivity contribution in [3.63, 3.8) is 0 Å². The molecule has 0 N–H and O–H groups in total. The minimum absolute atomic E-state index is 0.307. The zero-order valence-electron chi connectivity index (χ0n) is 8.17. The highest BCUT2D eigenvalue weighted by molar-refractivity contribution is 9.08. The van der Waals surface area contributed by atoms with Gasteiger partial charge in [0.2, 0.25) is 0 Å². The van der Waals surface area contributed by atoms with Crippen LogP contribution in [0.5, 0.6) is 0 Å². The fourth-order valence-corrected chi connectivity index (χ4v) is 1.31. The second-order valence-corrected chi connectivity index (χ2v) is 3.92. The van der Waals surface area contributed by atoms with E-state index in [9.17, 15) is 0 Å². The summed E-state index contributed by atoms with van der Waals surface area (Å²) >= 11 is 3.38. The summed E-state index contributed by atoms with van der Waals surface area (Å²) in [5.74, 6) is 0. The summed E-state index contributed by atoms with van der Waals surface area (Å²) in [7, 11) is 1.70. The summed E-state index contributed by atoms with van der Waals surface area (Å²) in [6.45, 7) is 4.01. The maximum Gasteiger partial charge on any atom is 0.104 e. The van der Waals surface area contributed by atoms with Crippen molar-refractivity contribution in [1.29, 1.82) is 0 Å². The molecule has 0 saturated carbocycles. The summed E-state index contributed by atoms with van der Waals surface area (Å²) < 4.78 is 5.35. The Hall–Kier alpha value is -0.410. The van der Waals surface area contributed by atoms with Gasteiger partial charge in [-0.2, -0.15) is 0 Å². The van der Waals surface area contributed by atoms with Gasteiger partial charge in [-0.1, -0.05) is 22.0 Å². The fraction of sp³-hybridized carbons (Fsp3) is 0.500. The lowest BCUT2D eigenvalue weighted by molar-refractivity contribution is 0.0154. The molecule has 0 aromatic carbocycles. The van der Waals surface area contributed by atoms with Gasteiger partial charge in [0.25, 0.3) is 0 Å². The number of rotatable bonds is 3. The molecule has 0 fully saturated rings. The molecule has 1 aromatic rings. The Labute approximate surface area is 87.5 Å².